The van der Waals surface area contributed by atoms with Crippen molar-refractivity contribution >= 4 is 17.7 Å². The van der Waals surface area contributed by atoms with Crippen molar-refractivity contribution < 1.29 is 14.4 Å². The van der Waals surface area contributed by atoms with Crippen molar-refractivity contribution in [1.29, 1.82) is 0 Å². The number of hydrogen-bond acceptors (Lipinski definition) is 3. The van der Waals surface area contributed by atoms with Crippen LogP contribution in [0.3, 0.4) is 0 Å². The third kappa shape index (κ3) is 8.18. The first-order valence-electron chi connectivity index (χ1n) is 7.63. The van der Waals surface area contributed by atoms with Gasteiger partial charge in [0.2, 0.25) is 17.7 Å². The minimum absolute atomic E-state index is 0.0733. The first-order valence-corrected chi connectivity index (χ1v) is 7.63. The molecule has 0 saturated heterocycles. The summed E-state index contributed by atoms with van der Waals surface area (Å²) in [7, 11) is 0. The lowest BCUT2D eigenvalue weighted by atomic mass is 9.96. The Kier molecular flexibility index (Phi) is 8.29. The van der Waals surface area contributed by atoms with Crippen LogP contribution in [0.5, 0.6) is 0 Å². The molecule has 0 unspecified atom stereocenters. The van der Waals surface area contributed by atoms with E-state index in [0.717, 1.165) is 0 Å². The van der Waals surface area contributed by atoms with E-state index in [1.807, 2.05) is 20.8 Å². The maximum Gasteiger partial charge on any atom is 0.249 e. The molecule has 23 heavy (non-hydrogen) atoms. The number of nitrogens with one attached hydrogen (secondary N) is 2. The Labute approximate surface area is 139 Å². The Morgan fingerprint density at radius 1 is 0.913 bits per heavy atom. The summed E-state index contributed by atoms with van der Waals surface area (Å²) < 4.78 is 0. The van der Waals surface area contributed by atoms with E-state index in [4.69, 9.17) is 0 Å². The van der Waals surface area contributed by atoms with Gasteiger partial charge in [-0.3, -0.25) is 14.4 Å². The summed E-state index contributed by atoms with van der Waals surface area (Å²) in [5.41, 5.74) is 0.358. The molecule has 0 spiro atoms. The highest BCUT2D eigenvalue weighted by molar-refractivity contribution is 5.93. The third-order valence-electron chi connectivity index (χ3n) is 3.06. The van der Waals surface area contributed by atoms with Crippen LogP contribution >= 0.6 is 0 Å². The number of carbonyl (C=O) groups is 3. The lowest BCUT2D eigenvalue weighted by molar-refractivity contribution is -0.130. The van der Waals surface area contributed by atoms with Crippen LogP contribution in [0.4, 0.5) is 0 Å². The van der Waals surface area contributed by atoms with E-state index in [0.29, 0.717) is 37.3 Å². The molecule has 0 heterocycles. The minimum atomic E-state index is -0.474. The van der Waals surface area contributed by atoms with Crippen molar-refractivity contribution in [3.05, 3.63) is 24.3 Å². The number of rotatable bonds is 8. The minimum Gasteiger partial charge on any atom is -0.354 e. The molecule has 0 saturated carbocycles. The quantitative estimate of drug-likeness (QED) is 0.660. The molecule has 0 rings (SSSR count). The average molecular weight is 323 g/mol. The van der Waals surface area contributed by atoms with Gasteiger partial charge >= 0.3 is 0 Å². The van der Waals surface area contributed by atoms with E-state index in [1.54, 1.807) is 18.7 Å². The van der Waals surface area contributed by atoms with Crippen LogP contribution in [0.2, 0.25) is 0 Å². The van der Waals surface area contributed by atoms with Crippen molar-refractivity contribution in [3.8, 4) is 0 Å². The number of nitrogens with zero attached hydrogens (tertiary/aromatic N) is 1. The van der Waals surface area contributed by atoms with E-state index >= 15 is 0 Å². The SMILES string of the molecule is C=C(C)C(=O)NCCN(CCNC(=O)C(C)(C)C)C(=O)C(=C)C. The summed E-state index contributed by atoms with van der Waals surface area (Å²) in [6.45, 7) is 17.3. The summed E-state index contributed by atoms with van der Waals surface area (Å²) >= 11 is 0. The van der Waals surface area contributed by atoms with Gasteiger partial charge in [0.05, 0.1) is 0 Å². The molecule has 2 N–H and O–H groups in total. The molecule has 0 aliphatic rings. The zero-order valence-corrected chi connectivity index (χ0v) is 14.9. The predicted octanol–water partition coefficient (Wildman–Crippen LogP) is 1.25. The normalized spacial score (nSPS) is 10.7. The van der Waals surface area contributed by atoms with E-state index < -0.39 is 5.41 Å². The smallest absolute Gasteiger partial charge is 0.249 e. The van der Waals surface area contributed by atoms with Gasteiger partial charge in [0.25, 0.3) is 0 Å². The molecule has 6 heteroatoms. The standard InChI is InChI=1S/C17H29N3O3/c1-12(2)14(21)18-8-10-20(15(22)13(3)4)11-9-19-16(23)17(5,6)7/h1,3,8-11H2,2,4-7H3,(H,18,21)(H,19,23). The first-order chi connectivity index (χ1) is 10.5. The van der Waals surface area contributed by atoms with Gasteiger partial charge in [0.1, 0.15) is 0 Å². The molecule has 130 valence electrons. The molecule has 0 fully saturated rings. The fourth-order valence-electron chi connectivity index (χ4n) is 1.61. The molecule has 6 nitrogen and oxygen atoms in total. The molecular weight excluding hydrogens is 294 g/mol. The van der Waals surface area contributed by atoms with E-state index in [9.17, 15) is 14.4 Å². The second kappa shape index (κ2) is 9.12. The molecule has 0 aliphatic heterocycles. The molecule has 3 amide bonds. The fourth-order valence-corrected chi connectivity index (χ4v) is 1.61. The summed E-state index contributed by atoms with van der Waals surface area (Å²) in [5.74, 6) is -0.510. The molecule has 0 radical (unpaired) electrons. The highest BCUT2D eigenvalue weighted by Gasteiger charge is 2.21. The second-order valence-corrected chi connectivity index (χ2v) is 6.61. The van der Waals surface area contributed by atoms with Gasteiger partial charge in [-0.15, -0.1) is 0 Å². The van der Waals surface area contributed by atoms with Crippen LogP contribution < -0.4 is 10.6 Å². The van der Waals surface area contributed by atoms with Gasteiger partial charge in [0.15, 0.2) is 0 Å². The maximum atomic E-state index is 12.1. The summed E-state index contributed by atoms with van der Waals surface area (Å²) in [6.07, 6.45) is 0. The molecule has 0 aliphatic carbocycles. The fraction of sp³-hybridized carbons (Fsp3) is 0.588. The number of carbonyl (C=O) groups excluding carboxylic acids is 3. The highest BCUT2D eigenvalue weighted by Crippen LogP contribution is 2.12. The Morgan fingerprint density at radius 3 is 1.78 bits per heavy atom. The summed E-state index contributed by atoms with van der Waals surface area (Å²) in [4.78, 5) is 37.0. The van der Waals surface area contributed by atoms with Crippen LogP contribution in [0.25, 0.3) is 0 Å². The molecule has 0 aromatic rings. The molecule has 0 aromatic heterocycles. The van der Waals surface area contributed by atoms with Crippen LogP contribution in [0.15, 0.2) is 24.3 Å². The van der Waals surface area contributed by atoms with Gasteiger partial charge in [-0.1, -0.05) is 33.9 Å². The Hall–Kier alpha value is -2.11. The topological polar surface area (TPSA) is 78.5 Å². The van der Waals surface area contributed by atoms with Gasteiger partial charge in [-0.2, -0.15) is 0 Å². The van der Waals surface area contributed by atoms with Gasteiger partial charge in [-0.05, 0) is 13.8 Å². The Bertz CT molecular complexity index is 490. The van der Waals surface area contributed by atoms with Gasteiger partial charge in [-0.25, -0.2) is 0 Å². The maximum absolute atomic E-state index is 12.1. The van der Waals surface area contributed by atoms with E-state index in [2.05, 4.69) is 23.8 Å². The number of hydrogen-bond donors (Lipinski definition) is 2. The molecular formula is C17H29N3O3. The van der Waals surface area contributed by atoms with Crippen molar-refractivity contribution in [3.63, 3.8) is 0 Å². The van der Waals surface area contributed by atoms with Crippen LogP contribution in [0.1, 0.15) is 34.6 Å². The summed E-state index contributed by atoms with van der Waals surface area (Å²) in [6, 6.07) is 0. The number of amides is 3. The van der Waals surface area contributed by atoms with Crippen molar-refractivity contribution in [2.24, 2.45) is 5.41 Å². The lowest BCUT2D eigenvalue weighted by Crippen LogP contribution is -2.44. The molecule has 0 bridgehead atoms. The third-order valence-corrected chi connectivity index (χ3v) is 3.06. The summed E-state index contributed by atoms with van der Waals surface area (Å²) in [5, 5.41) is 5.48. The second-order valence-electron chi connectivity index (χ2n) is 6.61. The highest BCUT2D eigenvalue weighted by atomic mass is 16.2. The van der Waals surface area contributed by atoms with E-state index in [-0.39, 0.29) is 17.7 Å². The predicted molar refractivity (Wildman–Crippen MR) is 91.7 cm³/mol. The molecule has 0 aromatic carbocycles. The van der Waals surface area contributed by atoms with Crippen LogP contribution in [-0.2, 0) is 14.4 Å². The van der Waals surface area contributed by atoms with Crippen LogP contribution in [-0.4, -0.2) is 48.8 Å². The van der Waals surface area contributed by atoms with Crippen molar-refractivity contribution in [2.45, 2.75) is 34.6 Å². The van der Waals surface area contributed by atoms with Crippen LogP contribution in [0, 0.1) is 5.41 Å². The zero-order chi connectivity index (χ0) is 18.2. The Morgan fingerprint density at radius 2 is 1.39 bits per heavy atom. The lowest BCUT2D eigenvalue weighted by Gasteiger charge is -2.24. The van der Waals surface area contributed by atoms with Crippen molar-refractivity contribution in [1.82, 2.24) is 15.5 Å². The average Bonchev–Trinajstić information content (AvgIpc) is 2.43. The zero-order valence-electron chi connectivity index (χ0n) is 14.9. The first kappa shape index (κ1) is 20.9. The van der Waals surface area contributed by atoms with Gasteiger partial charge in [0, 0.05) is 42.7 Å². The van der Waals surface area contributed by atoms with E-state index in [1.165, 1.54) is 0 Å². The van der Waals surface area contributed by atoms with Crippen molar-refractivity contribution in [2.75, 3.05) is 26.2 Å². The largest absolute Gasteiger partial charge is 0.354 e. The molecule has 0 atom stereocenters. The monoisotopic (exact) mass is 323 g/mol. The van der Waals surface area contributed by atoms with Gasteiger partial charge < -0.3 is 15.5 Å². The Balaban J connectivity index is 4.51.